The summed E-state index contributed by atoms with van der Waals surface area (Å²) in [5.41, 5.74) is 0. The van der Waals surface area contributed by atoms with Gasteiger partial charge in [0.2, 0.25) is 19.2 Å². The minimum absolute atomic E-state index is 0.00487. The van der Waals surface area contributed by atoms with Crippen LogP contribution in [0.2, 0.25) is 0 Å². The first kappa shape index (κ1) is 13.0. The molecule has 0 atom stereocenters. The van der Waals surface area contributed by atoms with Crippen molar-refractivity contribution in [3.63, 3.8) is 0 Å². The first-order valence-electron chi connectivity index (χ1n) is 4.77. The minimum Gasteiger partial charge on any atom is -0.476 e. The van der Waals surface area contributed by atoms with Crippen molar-refractivity contribution in [3.8, 4) is 0 Å². The average Bonchev–Trinajstić information content (AvgIpc) is 2.67. The van der Waals surface area contributed by atoms with Gasteiger partial charge in [-0.05, 0) is 6.42 Å². The number of carboxylic acids is 1. The summed E-state index contributed by atoms with van der Waals surface area (Å²) >= 11 is 0.596. The van der Waals surface area contributed by atoms with E-state index < -0.39 is 15.8 Å². The Morgan fingerprint density at radius 2 is 2.06 bits per heavy atom. The van der Waals surface area contributed by atoms with Crippen molar-refractivity contribution in [2.24, 2.45) is 0 Å². The second-order valence-corrected chi connectivity index (χ2v) is 6.46. The molecular weight excluding hydrogens is 252 g/mol. The summed E-state index contributed by atoms with van der Waals surface area (Å²) in [4.78, 5) is 10.5. The topological polar surface area (TPSA) is 97.2 Å². The van der Waals surface area contributed by atoms with Crippen molar-refractivity contribution in [3.05, 3.63) is 5.01 Å². The molecule has 6 nitrogen and oxygen atoms in total. The highest BCUT2D eigenvalue weighted by Gasteiger charge is 2.21. The van der Waals surface area contributed by atoms with Gasteiger partial charge in [0.05, 0.1) is 5.75 Å². The van der Waals surface area contributed by atoms with Crippen LogP contribution in [0.15, 0.2) is 4.34 Å². The highest BCUT2D eigenvalue weighted by Crippen LogP contribution is 2.18. The van der Waals surface area contributed by atoms with Gasteiger partial charge in [0, 0.05) is 0 Å². The highest BCUT2D eigenvalue weighted by atomic mass is 32.2. The van der Waals surface area contributed by atoms with Crippen molar-refractivity contribution in [2.45, 2.75) is 30.5 Å². The van der Waals surface area contributed by atoms with Gasteiger partial charge in [0.25, 0.3) is 0 Å². The van der Waals surface area contributed by atoms with Crippen LogP contribution >= 0.6 is 11.3 Å². The third-order valence-corrected chi connectivity index (χ3v) is 5.03. The number of carboxylic acid groups (broad SMARTS) is 1. The minimum atomic E-state index is -3.46. The summed E-state index contributed by atoms with van der Waals surface area (Å²) in [6.07, 6.45) is 2.30. The number of hydrogen-bond acceptors (Lipinski definition) is 6. The van der Waals surface area contributed by atoms with E-state index in [-0.39, 0.29) is 15.1 Å². The van der Waals surface area contributed by atoms with E-state index in [4.69, 9.17) is 5.11 Å². The zero-order valence-electron chi connectivity index (χ0n) is 8.71. The van der Waals surface area contributed by atoms with Crippen LogP contribution in [0.1, 0.15) is 36.0 Å². The van der Waals surface area contributed by atoms with Crippen LogP contribution in [0.3, 0.4) is 0 Å². The molecule has 0 saturated heterocycles. The van der Waals surface area contributed by atoms with Gasteiger partial charge in [0.1, 0.15) is 0 Å². The number of nitrogens with zero attached hydrogens (tertiary/aromatic N) is 2. The molecule has 0 aromatic carbocycles. The molecule has 16 heavy (non-hydrogen) atoms. The van der Waals surface area contributed by atoms with Gasteiger partial charge in [-0.3, -0.25) is 0 Å². The van der Waals surface area contributed by atoms with E-state index in [9.17, 15) is 13.2 Å². The fraction of sp³-hybridized carbons (Fsp3) is 0.625. The van der Waals surface area contributed by atoms with Gasteiger partial charge in [-0.15, -0.1) is 10.2 Å². The van der Waals surface area contributed by atoms with Crippen LogP contribution in [0, 0.1) is 0 Å². The Bertz CT molecular complexity index is 466. The Morgan fingerprint density at radius 1 is 1.38 bits per heavy atom. The molecule has 0 aliphatic rings. The lowest BCUT2D eigenvalue weighted by Crippen LogP contribution is -2.06. The van der Waals surface area contributed by atoms with Gasteiger partial charge in [-0.25, -0.2) is 13.2 Å². The van der Waals surface area contributed by atoms with Crippen molar-refractivity contribution in [2.75, 3.05) is 5.75 Å². The molecule has 1 N–H and O–H groups in total. The first-order valence-corrected chi connectivity index (χ1v) is 7.24. The molecule has 8 heteroatoms. The SMILES string of the molecule is CCCCCS(=O)(=O)c1nnc(C(=O)O)s1. The molecule has 1 heterocycles. The number of rotatable bonds is 6. The number of unbranched alkanes of at least 4 members (excludes halogenated alkanes) is 2. The van der Waals surface area contributed by atoms with Crippen molar-refractivity contribution < 1.29 is 18.3 Å². The van der Waals surface area contributed by atoms with E-state index >= 15 is 0 Å². The number of aromatic carboxylic acids is 1. The van der Waals surface area contributed by atoms with Gasteiger partial charge >= 0.3 is 5.97 Å². The zero-order valence-corrected chi connectivity index (χ0v) is 10.3. The Balaban J connectivity index is 2.78. The Kier molecular flexibility index (Phi) is 4.36. The molecule has 0 radical (unpaired) electrons. The fourth-order valence-electron chi connectivity index (χ4n) is 1.05. The molecule has 0 spiro atoms. The van der Waals surface area contributed by atoms with Gasteiger partial charge in [0.15, 0.2) is 0 Å². The maximum atomic E-state index is 11.7. The van der Waals surface area contributed by atoms with E-state index in [0.29, 0.717) is 17.8 Å². The van der Waals surface area contributed by atoms with Gasteiger partial charge in [-0.2, -0.15) is 0 Å². The normalized spacial score (nSPS) is 11.6. The molecule has 0 aliphatic heterocycles. The van der Waals surface area contributed by atoms with E-state index in [2.05, 4.69) is 10.2 Å². The molecule has 1 aromatic heterocycles. The average molecular weight is 264 g/mol. The standard InChI is InChI=1S/C8H12N2O4S2/c1-2-3-4-5-16(13,14)8-10-9-6(15-8)7(11)12/h2-5H2,1H3,(H,11,12). The van der Waals surface area contributed by atoms with Crippen LogP contribution in [0.5, 0.6) is 0 Å². The first-order chi connectivity index (χ1) is 7.47. The van der Waals surface area contributed by atoms with Crippen LogP contribution in [-0.2, 0) is 9.84 Å². The van der Waals surface area contributed by atoms with Crippen LogP contribution in [-0.4, -0.2) is 35.4 Å². The smallest absolute Gasteiger partial charge is 0.367 e. The molecular formula is C8H12N2O4S2. The predicted octanol–water partition coefficient (Wildman–Crippen LogP) is 1.20. The second kappa shape index (κ2) is 5.35. The van der Waals surface area contributed by atoms with Crippen LogP contribution < -0.4 is 0 Å². The summed E-state index contributed by atoms with van der Waals surface area (Å²) in [5.74, 6) is -1.26. The van der Waals surface area contributed by atoms with Gasteiger partial charge < -0.3 is 5.11 Å². The Labute approximate surface area is 97.3 Å². The third-order valence-electron chi connectivity index (χ3n) is 1.87. The maximum absolute atomic E-state index is 11.7. The molecule has 90 valence electrons. The molecule has 0 fully saturated rings. The van der Waals surface area contributed by atoms with Crippen LogP contribution in [0.4, 0.5) is 0 Å². The van der Waals surface area contributed by atoms with E-state index in [1.54, 1.807) is 0 Å². The molecule has 1 aromatic rings. The summed E-state index contributed by atoms with van der Waals surface area (Å²) in [5, 5.41) is 15.0. The number of carbonyl (C=O) groups is 1. The Hall–Kier alpha value is -1.02. The monoisotopic (exact) mass is 264 g/mol. The quantitative estimate of drug-likeness (QED) is 0.775. The molecule has 1 rings (SSSR count). The molecule has 0 unspecified atom stereocenters. The number of sulfone groups is 1. The maximum Gasteiger partial charge on any atom is 0.367 e. The zero-order chi connectivity index (χ0) is 12.2. The van der Waals surface area contributed by atoms with Gasteiger partial charge in [-0.1, -0.05) is 31.1 Å². The summed E-state index contributed by atoms with van der Waals surface area (Å²) in [7, 11) is -3.46. The summed E-state index contributed by atoms with van der Waals surface area (Å²) in [6, 6.07) is 0. The fourth-order valence-corrected chi connectivity index (χ4v) is 3.39. The van der Waals surface area contributed by atoms with Crippen LogP contribution in [0.25, 0.3) is 0 Å². The molecule has 0 saturated carbocycles. The predicted molar refractivity (Wildman–Crippen MR) is 58.4 cm³/mol. The van der Waals surface area contributed by atoms with E-state index in [1.807, 2.05) is 6.92 Å². The lowest BCUT2D eigenvalue weighted by Gasteiger charge is -1.97. The molecule has 0 aliphatic carbocycles. The third kappa shape index (κ3) is 3.24. The molecule has 0 bridgehead atoms. The second-order valence-electron chi connectivity index (χ2n) is 3.20. The number of aromatic nitrogens is 2. The highest BCUT2D eigenvalue weighted by molar-refractivity contribution is 7.93. The molecule has 0 amide bonds. The number of hydrogen-bond donors (Lipinski definition) is 1. The Morgan fingerprint density at radius 3 is 2.56 bits per heavy atom. The lowest BCUT2D eigenvalue weighted by atomic mass is 10.3. The lowest BCUT2D eigenvalue weighted by molar-refractivity contribution is 0.0695. The van der Waals surface area contributed by atoms with E-state index in [0.717, 1.165) is 12.8 Å². The summed E-state index contributed by atoms with van der Waals surface area (Å²) < 4.78 is 23.1. The van der Waals surface area contributed by atoms with Crippen molar-refractivity contribution in [1.82, 2.24) is 10.2 Å². The van der Waals surface area contributed by atoms with Crippen molar-refractivity contribution >= 4 is 27.1 Å². The largest absolute Gasteiger partial charge is 0.476 e. The summed E-state index contributed by atoms with van der Waals surface area (Å²) in [6.45, 7) is 1.97. The van der Waals surface area contributed by atoms with E-state index in [1.165, 1.54) is 0 Å². The van der Waals surface area contributed by atoms with Crippen molar-refractivity contribution in [1.29, 1.82) is 0 Å².